The molecule has 0 spiro atoms. The number of hydrogen-bond acceptors (Lipinski definition) is 7. The number of aryl methyl sites for hydroxylation is 1. The summed E-state index contributed by atoms with van der Waals surface area (Å²) < 4.78 is 8.16. The average Bonchev–Trinajstić information content (AvgIpc) is 3.26. The molecule has 234 valence electrons. The second-order valence-corrected chi connectivity index (χ2v) is 10.6. The van der Waals surface area contributed by atoms with Gasteiger partial charge in [0.2, 0.25) is 0 Å². The number of amides is 2. The third-order valence-corrected chi connectivity index (χ3v) is 7.51. The summed E-state index contributed by atoms with van der Waals surface area (Å²) in [7, 11) is 1.61. The van der Waals surface area contributed by atoms with Crippen LogP contribution in [-0.2, 0) is 9.53 Å². The van der Waals surface area contributed by atoms with E-state index in [1.54, 1.807) is 67.8 Å². The topological polar surface area (TPSA) is 134 Å². The maximum atomic E-state index is 14.2. The van der Waals surface area contributed by atoms with Gasteiger partial charge >= 0.3 is 11.6 Å². The first kappa shape index (κ1) is 31.7. The highest BCUT2D eigenvalue weighted by Gasteiger charge is 2.27. The first-order chi connectivity index (χ1) is 22.2. The van der Waals surface area contributed by atoms with Gasteiger partial charge in [-0.15, -0.1) is 0 Å². The first-order valence-electron chi connectivity index (χ1n) is 14.9. The van der Waals surface area contributed by atoms with Crippen molar-refractivity contribution in [2.45, 2.75) is 33.6 Å². The Morgan fingerprint density at radius 3 is 2.59 bits per heavy atom. The van der Waals surface area contributed by atoms with E-state index in [1.807, 2.05) is 33.0 Å². The van der Waals surface area contributed by atoms with Crippen LogP contribution in [0, 0.1) is 24.2 Å². The first-order valence-corrected chi connectivity index (χ1v) is 14.9. The smallest absolute Gasteiger partial charge is 0.339 e. The number of carbonyl (C=O) groups is 2. The number of carbonyl (C=O) groups excluding carboxylic acids is 2. The van der Waals surface area contributed by atoms with Crippen LogP contribution < -0.4 is 21.2 Å². The number of ether oxygens (including phenoxy) is 1. The van der Waals surface area contributed by atoms with Gasteiger partial charge < -0.3 is 25.7 Å². The number of hydrogen-bond donors (Lipinski definition) is 3. The summed E-state index contributed by atoms with van der Waals surface area (Å²) in [6, 6.07) is 17.3. The minimum atomic E-state index is -0.418. The lowest BCUT2D eigenvalue weighted by Gasteiger charge is -2.16. The van der Waals surface area contributed by atoms with Crippen molar-refractivity contribution < 1.29 is 14.3 Å². The van der Waals surface area contributed by atoms with Crippen LogP contribution in [-0.4, -0.2) is 51.9 Å². The van der Waals surface area contributed by atoms with Crippen LogP contribution in [0.1, 0.15) is 48.3 Å². The van der Waals surface area contributed by atoms with Crippen molar-refractivity contribution in [2.24, 2.45) is 0 Å². The van der Waals surface area contributed by atoms with E-state index in [-0.39, 0.29) is 18.2 Å². The molecule has 1 aliphatic heterocycles. The Hall–Kier alpha value is -5.73. The van der Waals surface area contributed by atoms with Gasteiger partial charge in [0.15, 0.2) is 0 Å². The molecule has 5 rings (SSSR count). The number of aromatic nitrogens is 3. The summed E-state index contributed by atoms with van der Waals surface area (Å²) in [6.07, 6.45) is 4.56. The highest BCUT2D eigenvalue weighted by Crippen LogP contribution is 2.30. The number of anilines is 3. The number of rotatable bonds is 8. The fraction of sp³-hybridized carbons (Fsp3) is 0.229. The molecule has 0 radical (unpaired) electrons. The zero-order valence-corrected chi connectivity index (χ0v) is 26.2. The lowest BCUT2D eigenvalue weighted by Crippen LogP contribution is -2.26. The van der Waals surface area contributed by atoms with E-state index >= 15 is 0 Å². The van der Waals surface area contributed by atoms with Gasteiger partial charge in [-0.1, -0.05) is 18.9 Å². The number of nitrogens with zero attached hydrogens (tertiary/aromatic N) is 4. The van der Waals surface area contributed by atoms with Gasteiger partial charge in [0.1, 0.15) is 23.9 Å². The number of imidazole rings is 1. The molecule has 2 amide bonds. The molecule has 11 nitrogen and oxygen atoms in total. The molecule has 2 aromatic heterocycles. The van der Waals surface area contributed by atoms with Crippen LogP contribution in [0.3, 0.4) is 0 Å². The molecule has 0 atom stereocenters. The quantitative estimate of drug-likeness (QED) is 0.187. The van der Waals surface area contributed by atoms with Crippen molar-refractivity contribution in [2.75, 3.05) is 35.8 Å². The minimum Gasteiger partial charge on any atom is -0.369 e. The monoisotopic (exact) mass is 617 g/mol. The van der Waals surface area contributed by atoms with Crippen molar-refractivity contribution in [3.63, 3.8) is 0 Å². The molecule has 0 fully saturated rings. The molecule has 0 aliphatic carbocycles. The fourth-order valence-corrected chi connectivity index (χ4v) is 5.01. The molecule has 0 bridgehead atoms. The van der Waals surface area contributed by atoms with Crippen molar-refractivity contribution in [1.82, 2.24) is 14.1 Å². The van der Waals surface area contributed by atoms with Gasteiger partial charge in [0, 0.05) is 43.7 Å². The van der Waals surface area contributed by atoms with Gasteiger partial charge in [-0.2, -0.15) is 0 Å². The van der Waals surface area contributed by atoms with Crippen LogP contribution in [0.25, 0.3) is 11.4 Å². The molecule has 1 aliphatic rings. The molecule has 46 heavy (non-hydrogen) atoms. The van der Waals surface area contributed by atoms with Crippen LogP contribution in [0.2, 0.25) is 0 Å². The normalized spacial score (nSPS) is 12.2. The van der Waals surface area contributed by atoms with E-state index < -0.39 is 11.6 Å². The number of nitrogens with one attached hydrogen (secondary N) is 3. The second kappa shape index (κ2) is 13.9. The molecule has 0 unspecified atom stereocenters. The zero-order valence-electron chi connectivity index (χ0n) is 26.2. The van der Waals surface area contributed by atoms with Crippen LogP contribution in [0.4, 0.5) is 17.3 Å². The standard InChI is InChI=1S/C35H35N7O4/c1-5-24-20-29(36)32-33(38-22-24)42(28-10-7-9-27(21-28)40(4)31(43)11-8-18-46-6-2)35(45)41(32)26-14-12-25(13-15-26)34(44)39-30-19-23(3)16-17-37-30/h7,9-10,12-17,19,21-22,36,38H,5-6,18,20H2,1-4H3,(H,37,39,44). The minimum absolute atomic E-state index is 0.158. The van der Waals surface area contributed by atoms with E-state index in [0.717, 1.165) is 17.6 Å². The van der Waals surface area contributed by atoms with Crippen molar-refractivity contribution in [3.8, 4) is 23.2 Å². The van der Waals surface area contributed by atoms with E-state index in [4.69, 9.17) is 10.1 Å². The van der Waals surface area contributed by atoms with E-state index in [2.05, 4.69) is 27.5 Å². The van der Waals surface area contributed by atoms with Crippen LogP contribution >= 0.6 is 0 Å². The third-order valence-electron chi connectivity index (χ3n) is 7.51. The Labute approximate surface area is 267 Å². The molecular formula is C35H35N7O4. The Bertz CT molecular complexity index is 1960. The maximum Gasteiger partial charge on any atom is 0.339 e. The molecular weight excluding hydrogens is 582 g/mol. The average molecular weight is 618 g/mol. The summed E-state index contributed by atoms with van der Waals surface area (Å²) in [5, 5.41) is 15.1. The van der Waals surface area contributed by atoms with E-state index in [0.29, 0.717) is 53.0 Å². The Morgan fingerprint density at radius 1 is 1.09 bits per heavy atom. The largest absolute Gasteiger partial charge is 0.369 e. The summed E-state index contributed by atoms with van der Waals surface area (Å²) in [5.74, 6) is 5.40. The highest BCUT2D eigenvalue weighted by atomic mass is 16.5. The van der Waals surface area contributed by atoms with Gasteiger partial charge in [0.05, 0.1) is 17.1 Å². The molecule has 3 N–H and O–H groups in total. The molecule has 11 heteroatoms. The van der Waals surface area contributed by atoms with Crippen LogP contribution in [0.5, 0.6) is 0 Å². The summed E-state index contributed by atoms with van der Waals surface area (Å²) >= 11 is 0. The van der Waals surface area contributed by atoms with Gasteiger partial charge in [-0.25, -0.2) is 14.3 Å². The zero-order chi connectivity index (χ0) is 32.8. The number of pyridine rings is 1. The number of allylic oxidation sites excluding steroid dienone is 1. The summed E-state index contributed by atoms with van der Waals surface area (Å²) in [4.78, 5) is 45.5. The van der Waals surface area contributed by atoms with Crippen molar-refractivity contribution in [1.29, 1.82) is 5.41 Å². The maximum absolute atomic E-state index is 14.2. The molecule has 3 heterocycles. The predicted octanol–water partition coefficient (Wildman–Crippen LogP) is 5.06. The van der Waals surface area contributed by atoms with Crippen molar-refractivity contribution in [3.05, 3.63) is 106 Å². The molecule has 4 aromatic rings. The van der Waals surface area contributed by atoms with Gasteiger partial charge in [0.25, 0.3) is 5.91 Å². The molecule has 2 aromatic carbocycles. The van der Waals surface area contributed by atoms with E-state index in [1.165, 1.54) is 14.0 Å². The Morgan fingerprint density at radius 2 is 1.87 bits per heavy atom. The van der Waals surface area contributed by atoms with E-state index in [9.17, 15) is 14.4 Å². The summed E-state index contributed by atoms with van der Waals surface area (Å²) in [5.41, 5.74) is 4.14. The van der Waals surface area contributed by atoms with Crippen LogP contribution in [0.15, 0.2) is 83.4 Å². The summed E-state index contributed by atoms with van der Waals surface area (Å²) in [6.45, 7) is 6.45. The van der Waals surface area contributed by atoms with Gasteiger partial charge in [-0.05, 0) is 91.9 Å². The van der Waals surface area contributed by atoms with Gasteiger partial charge in [-0.3, -0.25) is 14.2 Å². The molecule has 0 saturated carbocycles. The SMILES string of the molecule is CCOCC#CC(=O)N(C)c1cccc(-n2c3c(n(-c4ccc(C(=O)Nc5cc(C)ccn5)cc4)c2=O)C(=N)CC(CC)=CN3)c1. The highest BCUT2D eigenvalue weighted by molar-refractivity contribution is 6.06. The fourth-order valence-electron chi connectivity index (χ4n) is 5.01. The number of fused-ring (bicyclic) bond motifs is 1. The third kappa shape index (κ3) is 6.67. The lowest BCUT2D eigenvalue weighted by atomic mass is 10.1. The Balaban J connectivity index is 1.54. The predicted molar refractivity (Wildman–Crippen MR) is 179 cm³/mol. The molecule has 0 saturated heterocycles. The second-order valence-electron chi connectivity index (χ2n) is 10.6. The number of benzene rings is 2. The lowest BCUT2D eigenvalue weighted by molar-refractivity contribution is -0.113. The van der Waals surface area contributed by atoms with Crippen molar-refractivity contribution >= 4 is 34.8 Å². The Kier molecular flexibility index (Phi) is 9.59.